The number of nitrogens with zero attached hydrogens (tertiary/aromatic N) is 1. The summed E-state index contributed by atoms with van der Waals surface area (Å²) in [5, 5.41) is 9.49. The third kappa shape index (κ3) is 2.86. The van der Waals surface area contributed by atoms with E-state index in [2.05, 4.69) is 24.3 Å². The molecule has 1 heterocycles. The van der Waals surface area contributed by atoms with Gasteiger partial charge in [0.25, 0.3) is 0 Å². The maximum Gasteiger partial charge on any atom is 0.411 e. The highest BCUT2D eigenvalue weighted by Gasteiger charge is 2.57. The Kier molecular flexibility index (Phi) is 4.09. The van der Waals surface area contributed by atoms with Gasteiger partial charge in [0.2, 0.25) is 0 Å². The van der Waals surface area contributed by atoms with E-state index in [9.17, 15) is 14.7 Å². The molecule has 5 rings (SSSR count). The Morgan fingerprint density at radius 3 is 1.97 bits per heavy atom. The van der Waals surface area contributed by atoms with E-state index < -0.39 is 24.1 Å². The van der Waals surface area contributed by atoms with Crippen LogP contribution in [0.2, 0.25) is 0 Å². The highest BCUT2D eigenvalue weighted by Crippen LogP contribution is 2.46. The first kappa shape index (κ1) is 17.5. The summed E-state index contributed by atoms with van der Waals surface area (Å²) >= 11 is 0. The Labute approximate surface area is 168 Å². The first-order valence-electron chi connectivity index (χ1n) is 9.58. The molecule has 5 heteroatoms. The van der Waals surface area contributed by atoms with Crippen molar-refractivity contribution in [3.8, 4) is 11.1 Å². The minimum absolute atomic E-state index is 0.0512. The van der Waals surface area contributed by atoms with Crippen LogP contribution in [0.3, 0.4) is 0 Å². The lowest BCUT2D eigenvalue weighted by atomic mass is 9.98. The Balaban J connectivity index is 1.35. The van der Waals surface area contributed by atoms with Crippen LogP contribution in [0.1, 0.15) is 28.7 Å². The van der Waals surface area contributed by atoms with Gasteiger partial charge in [-0.3, -0.25) is 4.90 Å². The molecule has 2 aliphatic rings. The third-order valence-electron chi connectivity index (χ3n) is 5.75. The minimum atomic E-state index is -1.02. The average Bonchev–Trinajstić information content (AvgIpc) is 3.44. The van der Waals surface area contributed by atoms with Crippen molar-refractivity contribution < 1.29 is 19.4 Å². The molecule has 29 heavy (non-hydrogen) atoms. The SMILES string of the molecule is O=C(O)[C@@H]1C(c2ccccc2)N1C(=O)OCC1c2ccccc2-c2ccccc21. The zero-order chi connectivity index (χ0) is 20.0. The van der Waals surface area contributed by atoms with Gasteiger partial charge in [0.05, 0.1) is 6.04 Å². The molecule has 2 atom stereocenters. The van der Waals surface area contributed by atoms with E-state index in [0.717, 1.165) is 27.8 Å². The molecule has 0 aromatic heterocycles. The molecule has 0 spiro atoms. The second-order valence-corrected chi connectivity index (χ2v) is 7.35. The summed E-state index contributed by atoms with van der Waals surface area (Å²) in [5.41, 5.74) is 5.36. The van der Waals surface area contributed by atoms with E-state index in [1.54, 1.807) is 0 Å². The van der Waals surface area contributed by atoms with Crippen LogP contribution in [0.4, 0.5) is 4.79 Å². The van der Waals surface area contributed by atoms with Crippen LogP contribution < -0.4 is 0 Å². The van der Waals surface area contributed by atoms with E-state index in [0.29, 0.717) is 0 Å². The number of benzene rings is 3. The lowest BCUT2D eigenvalue weighted by molar-refractivity contribution is -0.137. The predicted molar refractivity (Wildman–Crippen MR) is 108 cm³/mol. The van der Waals surface area contributed by atoms with Crippen LogP contribution in [0.15, 0.2) is 78.9 Å². The molecule has 0 radical (unpaired) electrons. The van der Waals surface area contributed by atoms with Crippen molar-refractivity contribution in [2.75, 3.05) is 6.61 Å². The quantitative estimate of drug-likeness (QED) is 0.674. The summed E-state index contributed by atoms with van der Waals surface area (Å²) in [4.78, 5) is 25.6. The fraction of sp³-hybridized carbons (Fsp3) is 0.167. The topological polar surface area (TPSA) is 66.6 Å². The van der Waals surface area contributed by atoms with Crippen LogP contribution in [-0.2, 0) is 9.53 Å². The summed E-state index contributed by atoms with van der Waals surface area (Å²) in [6.07, 6.45) is -0.590. The van der Waals surface area contributed by atoms with Gasteiger partial charge in [0, 0.05) is 5.92 Å². The van der Waals surface area contributed by atoms with Gasteiger partial charge in [-0.25, -0.2) is 9.59 Å². The average molecular weight is 385 g/mol. The number of carboxylic acid groups (broad SMARTS) is 1. The zero-order valence-corrected chi connectivity index (χ0v) is 15.6. The van der Waals surface area contributed by atoms with Gasteiger partial charge in [-0.15, -0.1) is 0 Å². The first-order valence-corrected chi connectivity index (χ1v) is 9.58. The van der Waals surface area contributed by atoms with Crippen LogP contribution in [-0.4, -0.2) is 34.7 Å². The lowest BCUT2D eigenvalue weighted by Crippen LogP contribution is -2.21. The molecule has 0 bridgehead atoms. The summed E-state index contributed by atoms with van der Waals surface area (Å²) < 4.78 is 5.62. The van der Waals surface area contributed by atoms with Crippen molar-refractivity contribution in [2.24, 2.45) is 0 Å². The number of rotatable bonds is 4. The predicted octanol–water partition coefficient (Wildman–Crippen LogP) is 4.45. The Morgan fingerprint density at radius 1 is 0.828 bits per heavy atom. The second-order valence-electron chi connectivity index (χ2n) is 7.35. The Bertz CT molecular complexity index is 1050. The molecular formula is C24H19NO4. The zero-order valence-electron chi connectivity index (χ0n) is 15.6. The number of hydrogen-bond donors (Lipinski definition) is 1. The van der Waals surface area contributed by atoms with Crippen molar-refractivity contribution in [3.63, 3.8) is 0 Å². The number of carbonyl (C=O) groups is 2. The van der Waals surface area contributed by atoms with E-state index in [4.69, 9.17) is 4.74 Å². The van der Waals surface area contributed by atoms with Crippen LogP contribution in [0.25, 0.3) is 11.1 Å². The molecule has 1 aliphatic heterocycles. The van der Waals surface area contributed by atoms with Gasteiger partial charge in [-0.05, 0) is 27.8 Å². The highest BCUT2D eigenvalue weighted by atomic mass is 16.6. The number of carbonyl (C=O) groups excluding carboxylic acids is 1. The van der Waals surface area contributed by atoms with E-state index >= 15 is 0 Å². The van der Waals surface area contributed by atoms with Gasteiger partial charge in [-0.2, -0.15) is 0 Å². The maximum absolute atomic E-state index is 12.7. The second kappa shape index (κ2) is 6.78. The van der Waals surface area contributed by atoms with Crippen molar-refractivity contribution in [1.82, 2.24) is 4.90 Å². The number of fused-ring (bicyclic) bond motifs is 3. The molecule has 144 valence electrons. The van der Waals surface area contributed by atoms with Gasteiger partial charge in [0.15, 0.2) is 6.04 Å². The molecule has 3 aromatic rings. The summed E-state index contributed by atoms with van der Waals surface area (Å²) in [6, 6.07) is 24.1. The van der Waals surface area contributed by atoms with Gasteiger partial charge in [-0.1, -0.05) is 78.9 Å². The van der Waals surface area contributed by atoms with Crippen molar-refractivity contribution >= 4 is 12.1 Å². The largest absolute Gasteiger partial charge is 0.480 e. The smallest absolute Gasteiger partial charge is 0.411 e. The van der Waals surface area contributed by atoms with Gasteiger partial charge < -0.3 is 9.84 Å². The number of amides is 1. The fourth-order valence-electron chi connectivity index (χ4n) is 4.37. The molecule has 1 unspecified atom stereocenters. The summed E-state index contributed by atoms with van der Waals surface area (Å²) in [7, 11) is 0. The Hall–Kier alpha value is -3.60. The standard InChI is InChI=1S/C24H19NO4/c26-23(27)22-21(15-8-2-1-3-9-15)25(22)24(28)29-14-20-18-12-6-4-10-16(18)17-11-5-7-13-19(17)20/h1-13,20-22H,14H2,(H,26,27)/t21?,22-,25?/m0/s1. The van der Waals surface area contributed by atoms with Crippen LogP contribution in [0, 0.1) is 0 Å². The molecule has 1 amide bonds. The number of ether oxygens (including phenoxy) is 1. The van der Waals surface area contributed by atoms with Gasteiger partial charge in [0.1, 0.15) is 6.61 Å². The molecule has 1 N–H and O–H groups in total. The molecule has 1 fully saturated rings. The van der Waals surface area contributed by atoms with Crippen molar-refractivity contribution in [1.29, 1.82) is 0 Å². The molecule has 1 saturated heterocycles. The molecule has 1 aliphatic carbocycles. The molecule has 3 aromatic carbocycles. The van der Waals surface area contributed by atoms with Crippen molar-refractivity contribution in [2.45, 2.75) is 18.0 Å². The van der Waals surface area contributed by atoms with Crippen LogP contribution >= 0.6 is 0 Å². The minimum Gasteiger partial charge on any atom is -0.480 e. The maximum atomic E-state index is 12.7. The van der Waals surface area contributed by atoms with Crippen LogP contribution in [0.5, 0.6) is 0 Å². The normalized spacial score (nSPS) is 19.4. The monoisotopic (exact) mass is 385 g/mol. The first-order chi connectivity index (χ1) is 14.2. The third-order valence-corrected chi connectivity index (χ3v) is 5.75. The molecule has 5 nitrogen and oxygen atoms in total. The fourth-order valence-corrected chi connectivity index (χ4v) is 4.37. The molecule has 0 saturated carbocycles. The number of carboxylic acids is 1. The van der Waals surface area contributed by atoms with Gasteiger partial charge >= 0.3 is 12.1 Å². The summed E-state index contributed by atoms with van der Waals surface area (Å²) in [6.45, 7) is 0.178. The van der Waals surface area contributed by atoms with E-state index in [1.807, 2.05) is 54.6 Å². The highest BCUT2D eigenvalue weighted by molar-refractivity contribution is 5.87. The number of aliphatic carboxylic acids is 1. The molecular weight excluding hydrogens is 366 g/mol. The summed E-state index contributed by atoms with van der Waals surface area (Å²) in [5.74, 6) is -1.07. The van der Waals surface area contributed by atoms with Crippen molar-refractivity contribution in [3.05, 3.63) is 95.6 Å². The van der Waals surface area contributed by atoms with E-state index in [1.165, 1.54) is 4.90 Å². The number of hydrogen-bond acceptors (Lipinski definition) is 3. The Morgan fingerprint density at radius 2 is 1.38 bits per heavy atom. The van der Waals surface area contributed by atoms with E-state index in [-0.39, 0.29) is 12.5 Å². The lowest BCUT2D eigenvalue weighted by Gasteiger charge is -2.14.